The summed E-state index contributed by atoms with van der Waals surface area (Å²) in [5.41, 5.74) is 0. The van der Waals surface area contributed by atoms with Crippen LogP contribution in [0.25, 0.3) is 0 Å². The largest absolute Gasteiger partial charge is 0.353 e. The second-order valence-corrected chi connectivity index (χ2v) is 6.13. The minimum absolute atomic E-state index is 0.540. The molecule has 2 rings (SSSR count). The molecule has 1 aliphatic rings. The summed E-state index contributed by atoms with van der Waals surface area (Å²) in [4.78, 5) is 4.46. The van der Waals surface area contributed by atoms with Crippen molar-refractivity contribution in [2.24, 2.45) is 11.8 Å². The highest BCUT2D eigenvalue weighted by Gasteiger charge is 2.20. The van der Waals surface area contributed by atoms with Crippen molar-refractivity contribution in [2.75, 3.05) is 5.32 Å². The summed E-state index contributed by atoms with van der Waals surface area (Å²) in [6.07, 6.45) is 11.0. The lowest BCUT2D eigenvalue weighted by Crippen LogP contribution is -2.29. The van der Waals surface area contributed by atoms with Crippen molar-refractivity contribution in [1.29, 1.82) is 0 Å². The van der Waals surface area contributed by atoms with E-state index in [-0.39, 0.29) is 0 Å². The van der Waals surface area contributed by atoms with Crippen LogP contribution in [0.15, 0.2) is 12.4 Å². The third-order valence-electron chi connectivity index (χ3n) is 3.99. The maximum atomic E-state index is 4.46. The summed E-state index contributed by atoms with van der Waals surface area (Å²) in [7, 11) is 0. The Morgan fingerprint density at radius 1 is 1.28 bits per heavy atom. The molecule has 1 fully saturated rings. The Hall–Kier alpha value is -0.990. The van der Waals surface area contributed by atoms with Gasteiger partial charge in [-0.1, -0.05) is 33.1 Å². The van der Waals surface area contributed by atoms with Crippen molar-refractivity contribution in [1.82, 2.24) is 9.55 Å². The number of hydrogen-bond donors (Lipinski definition) is 1. The van der Waals surface area contributed by atoms with Crippen LogP contribution in [0, 0.1) is 11.8 Å². The van der Waals surface area contributed by atoms with Gasteiger partial charge in [-0.2, -0.15) is 0 Å². The van der Waals surface area contributed by atoms with E-state index >= 15 is 0 Å². The van der Waals surface area contributed by atoms with E-state index in [0.29, 0.717) is 12.0 Å². The molecule has 18 heavy (non-hydrogen) atoms. The fourth-order valence-corrected chi connectivity index (χ4v) is 2.95. The van der Waals surface area contributed by atoms with E-state index in [2.05, 4.69) is 41.8 Å². The fourth-order valence-electron chi connectivity index (χ4n) is 2.95. The van der Waals surface area contributed by atoms with E-state index < -0.39 is 0 Å². The second kappa shape index (κ2) is 6.26. The Labute approximate surface area is 111 Å². The van der Waals surface area contributed by atoms with Crippen LogP contribution in [-0.2, 0) is 6.54 Å². The molecule has 1 saturated carbocycles. The van der Waals surface area contributed by atoms with Gasteiger partial charge in [0.05, 0.1) is 0 Å². The first-order valence-electron chi connectivity index (χ1n) is 7.44. The number of anilines is 1. The van der Waals surface area contributed by atoms with Gasteiger partial charge in [-0.15, -0.1) is 0 Å². The zero-order valence-corrected chi connectivity index (χ0v) is 12.0. The molecule has 3 heteroatoms. The van der Waals surface area contributed by atoms with Crippen LogP contribution in [0.2, 0.25) is 0 Å². The Kier molecular flexibility index (Phi) is 4.67. The standard InChI is InChI=1S/C15H27N3/c1-12(2)11-18-10-9-16-15(18)17-13(3)14-7-5-4-6-8-14/h9-10,12-14H,4-8,11H2,1-3H3,(H,16,17). The quantitative estimate of drug-likeness (QED) is 0.857. The summed E-state index contributed by atoms with van der Waals surface area (Å²) in [5.74, 6) is 2.52. The lowest BCUT2D eigenvalue weighted by atomic mass is 9.85. The lowest BCUT2D eigenvalue weighted by molar-refractivity contribution is 0.327. The normalized spacial score (nSPS) is 19.1. The molecule has 1 atom stereocenters. The smallest absolute Gasteiger partial charge is 0.202 e. The number of rotatable bonds is 5. The Morgan fingerprint density at radius 3 is 2.67 bits per heavy atom. The summed E-state index contributed by atoms with van der Waals surface area (Å²) in [6, 6.07) is 0.540. The van der Waals surface area contributed by atoms with Crippen LogP contribution in [0.1, 0.15) is 52.9 Å². The zero-order valence-electron chi connectivity index (χ0n) is 12.0. The Balaban J connectivity index is 1.93. The van der Waals surface area contributed by atoms with Gasteiger partial charge in [0, 0.05) is 25.0 Å². The second-order valence-electron chi connectivity index (χ2n) is 6.13. The molecule has 0 amide bonds. The van der Waals surface area contributed by atoms with Crippen molar-refractivity contribution in [3.63, 3.8) is 0 Å². The van der Waals surface area contributed by atoms with Crippen LogP contribution in [0.3, 0.4) is 0 Å². The summed E-state index contributed by atoms with van der Waals surface area (Å²) in [5, 5.41) is 3.62. The molecule has 1 heterocycles. The molecule has 0 saturated heterocycles. The monoisotopic (exact) mass is 249 g/mol. The van der Waals surface area contributed by atoms with Gasteiger partial charge in [-0.05, 0) is 31.6 Å². The molecular weight excluding hydrogens is 222 g/mol. The Morgan fingerprint density at radius 2 is 2.00 bits per heavy atom. The molecule has 1 aromatic heterocycles. The molecule has 1 aliphatic carbocycles. The van der Waals surface area contributed by atoms with Gasteiger partial charge in [0.25, 0.3) is 0 Å². The minimum Gasteiger partial charge on any atom is -0.353 e. The van der Waals surface area contributed by atoms with Crippen molar-refractivity contribution >= 4 is 5.95 Å². The first-order valence-corrected chi connectivity index (χ1v) is 7.44. The molecular formula is C15H27N3. The van der Waals surface area contributed by atoms with E-state index in [1.165, 1.54) is 32.1 Å². The number of aromatic nitrogens is 2. The van der Waals surface area contributed by atoms with Crippen molar-refractivity contribution in [3.8, 4) is 0 Å². The van der Waals surface area contributed by atoms with E-state index in [4.69, 9.17) is 0 Å². The van der Waals surface area contributed by atoms with Gasteiger partial charge in [0.2, 0.25) is 5.95 Å². The highest BCUT2D eigenvalue weighted by atomic mass is 15.2. The predicted octanol–water partition coefficient (Wildman–Crippen LogP) is 3.92. The van der Waals surface area contributed by atoms with Gasteiger partial charge in [0.15, 0.2) is 0 Å². The zero-order chi connectivity index (χ0) is 13.0. The van der Waals surface area contributed by atoms with Crippen LogP contribution in [0.4, 0.5) is 5.95 Å². The van der Waals surface area contributed by atoms with Gasteiger partial charge in [-0.25, -0.2) is 4.98 Å². The molecule has 0 spiro atoms. The van der Waals surface area contributed by atoms with Gasteiger partial charge < -0.3 is 9.88 Å². The third-order valence-corrected chi connectivity index (χ3v) is 3.99. The van der Waals surface area contributed by atoms with Gasteiger partial charge >= 0.3 is 0 Å². The molecule has 0 aromatic carbocycles. The molecule has 1 aromatic rings. The van der Waals surface area contributed by atoms with Crippen LogP contribution in [0.5, 0.6) is 0 Å². The highest BCUT2D eigenvalue weighted by molar-refractivity contribution is 5.27. The SMILES string of the molecule is CC(C)Cn1ccnc1NC(C)C1CCCCC1. The molecule has 0 bridgehead atoms. The van der Waals surface area contributed by atoms with Crippen molar-refractivity contribution in [3.05, 3.63) is 12.4 Å². The number of hydrogen-bond acceptors (Lipinski definition) is 2. The van der Waals surface area contributed by atoms with Crippen LogP contribution < -0.4 is 5.32 Å². The van der Waals surface area contributed by atoms with E-state index in [1.54, 1.807) is 0 Å². The van der Waals surface area contributed by atoms with E-state index in [9.17, 15) is 0 Å². The number of imidazole rings is 1. The molecule has 102 valence electrons. The average Bonchev–Trinajstić information content (AvgIpc) is 2.77. The minimum atomic E-state index is 0.540. The summed E-state index contributed by atoms with van der Waals surface area (Å²) >= 11 is 0. The van der Waals surface area contributed by atoms with Crippen molar-refractivity contribution < 1.29 is 0 Å². The lowest BCUT2D eigenvalue weighted by Gasteiger charge is -2.28. The number of nitrogens with one attached hydrogen (secondary N) is 1. The number of nitrogens with zero attached hydrogens (tertiary/aromatic N) is 2. The summed E-state index contributed by atoms with van der Waals surface area (Å²) in [6.45, 7) is 7.84. The third kappa shape index (κ3) is 3.50. The average molecular weight is 249 g/mol. The van der Waals surface area contributed by atoms with Crippen molar-refractivity contribution in [2.45, 2.75) is 65.5 Å². The molecule has 3 nitrogen and oxygen atoms in total. The fraction of sp³-hybridized carbons (Fsp3) is 0.800. The summed E-state index contributed by atoms with van der Waals surface area (Å²) < 4.78 is 2.24. The van der Waals surface area contributed by atoms with Crippen LogP contribution in [-0.4, -0.2) is 15.6 Å². The molecule has 1 N–H and O–H groups in total. The first-order chi connectivity index (χ1) is 8.66. The molecule has 0 radical (unpaired) electrons. The Bertz CT molecular complexity index is 350. The van der Waals surface area contributed by atoms with Gasteiger partial charge in [-0.3, -0.25) is 0 Å². The topological polar surface area (TPSA) is 29.9 Å². The highest BCUT2D eigenvalue weighted by Crippen LogP contribution is 2.27. The van der Waals surface area contributed by atoms with Gasteiger partial charge in [0.1, 0.15) is 0 Å². The maximum Gasteiger partial charge on any atom is 0.202 e. The maximum absolute atomic E-state index is 4.46. The molecule has 1 unspecified atom stereocenters. The van der Waals surface area contributed by atoms with E-state index in [1.807, 2.05) is 6.20 Å². The predicted molar refractivity (Wildman–Crippen MR) is 76.7 cm³/mol. The van der Waals surface area contributed by atoms with Crippen LogP contribution >= 0.6 is 0 Å². The molecule has 0 aliphatic heterocycles. The van der Waals surface area contributed by atoms with E-state index in [0.717, 1.165) is 18.4 Å². The first kappa shape index (κ1) is 13.4.